The summed E-state index contributed by atoms with van der Waals surface area (Å²) in [5, 5.41) is 0. The molecule has 0 N–H and O–H groups in total. The Labute approximate surface area is 125 Å². The molecule has 2 aliphatic heterocycles. The average molecular weight is 294 g/mol. The lowest BCUT2D eigenvalue weighted by Gasteiger charge is -2.44. The van der Waals surface area contributed by atoms with Gasteiger partial charge < -0.3 is 14.2 Å². The van der Waals surface area contributed by atoms with Gasteiger partial charge in [0.2, 0.25) is 0 Å². The maximum atomic E-state index is 6.14. The number of fused-ring (bicyclic) bond motifs is 1. The van der Waals surface area contributed by atoms with Crippen molar-refractivity contribution in [3.8, 4) is 0 Å². The van der Waals surface area contributed by atoms with Gasteiger partial charge in [-0.3, -0.25) is 0 Å². The van der Waals surface area contributed by atoms with Gasteiger partial charge in [-0.05, 0) is 18.1 Å². The van der Waals surface area contributed by atoms with Crippen LogP contribution < -0.4 is 0 Å². The summed E-state index contributed by atoms with van der Waals surface area (Å²) in [5.41, 5.74) is 1.37. The first-order valence-electron chi connectivity index (χ1n) is 7.37. The smallest absolute Gasteiger partial charge is 0.184 e. The predicted molar refractivity (Wildman–Crippen MR) is 80.6 cm³/mol. The summed E-state index contributed by atoms with van der Waals surface area (Å²) in [7, 11) is 0. The zero-order valence-corrected chi connectivity index (χ0v) is 12.8. The van der Waals surface area contributed by atoms with E-state index in [0.717, 1.165) is 17.7 Å². The third-order valence-electron chi connectivity index (χ3n) is 3.91. The zero-order valence-electron chi connectivity index (χ0n) is 12.0. The van der Waals surface area contributed by atoms with Crippen molar-refractivity contribution in [3.63, 3.8) is 0 Å². The SMILES string of the molecule is CCS[C@@H]1OC2COC(c3ccccc3)O[C@H]2CC1C. The summed E-state index contributed by atoms with van der Waals surface area (Å²) in [6.07, 6.45) is 1.03. The molecule has 2 heterocycles. The molecule has 0 aliphatic carbocycles. The van der Waals surface area contributed by atoms with Crippen molar-refractivity contribution in [2.75, 3.05) is 12.4 Å². The number of hydrogen-bond acceptors (Lipinski definition) is 4. The van der Waals surface area contributed by atoms with E-state index < -0.39 is 0 Å². The van der Waals surface area contributed by atoms with Crippen LogP contribution in [0.25, 0.3) is 0 Å². The molecule has 20 heavy (non-hydrogen) atoms. The Hall–Kier alpha value is -0.550. The summed E-state index contributed by atoms with van der Waals surface area (Å²) in [6, 6.07) is 10.1. The maximum Gasteiger partial charge on any atom is 0.184 e. The Morgan fingerprint density at radius 3 is 2.70 bits per heavy atom. The fraction of sp³-hybridized carbons (Fsp3) is 0.625. The van der Waals surface area contributed by atoms with Crippen molar-refractivity contribution in [3.05, 3.63) is 35.9 Å². The molecule has 0 saturated carbocycles. The minimum Gasteiger partial charge on any atom is -0.359 e. The van der Waals surface area contributed by atoms with E-state index in [9.17, 15) is 0 Å². The lowest BCUT2D eigenvalue weighted by atomic mass is 9.96. The Kier molecular flexibility index (Phi) is 4.66. The highest BCUT2D eigenvalue weighted by atomic mass is 32.2. The summed E-state index contributed by atoms with van der Waals surface area (Å²) in [5.74, 6) is 1.61. The molecule has 2 aliphatic rings. The first-order valence-corrected chi connectivity index (χ1v) is 8.42. The van der Waals surface area contributed by atoms with E-state index in [2.05, 4.69) is 13.8 Å². The van der Waals surface area contributed by atoms with Gasteiger partial charge in [-0.25, -0.2) is 0 Å². The van der Waals surface area contributed by atoms with Gasteiger partial charge in [0.15, 0.2) is 6.29 Å². The normalized spacial score (nSPS) is 37.4. The highest BCUT2D eigenvalue weighted by Gasteiger charge is 2.41. The second-order valence-corrected chi connectivity index (χ2v) is 6.84. The number of ether oxygens (including phenoxy) is 3. The van der Waals surface area contributed by atoms with Gasteiger partial charge in [-0.2, -0.15) is 0 Å². The Morgan fingerprint density at radius 1 is 1.15 bits per heavy atom. The van der Waals surface area contributed by atoms with Gasteiger partial charge in [-0.1, -0.05) is 44.2 Å². The van der Waals surface area contributed by atoms with Gasteiger partial charge in [0, 0.05) is 5.56 Å². The number of hydrogen-bond donors (Lipinski definition) is 0. The minimum atomic E-state index is -0.247. The van der Waals surface area contributed by atoms with Crippen molar-refractivity contribution in [2.45, 2.75) is 44.2 Å². The standard InChI is InChI=1S/C16H22O3S/c1-3-20-16-11(2)9-13-14(19-16)10-17-15(18-13)12-7-5-4-6-8-12/h4-8,11,13-16H,3,9-10H2,1-2H3/t11?,13-,14?,15?,16-/m0/s1. The third kappa shape index (κ3) is 3.03. The summed E-state index contributed by atoms with van der Waals surface area (Å²) >= 11 is 1.88. The molecule has 1 aromatic rings. The number of rotatable bonds is 3. The molecule has 3 nitrogen and oxygen atoms in total. The maximum absolute atomic E-state index is 6.14. The summed E-state index contributed by atoms with van der Waals surface area (Å²) in [6.45, 7) is 5.05. The average Bonchev–Trinajstić information content (AvgIpc) is 2.49. The van der Waals surface area contributed by atoms with Crippen LogP contribution in [0.5, 0.6) is 0 Å². The lowest BCUT2D eigenvalue weighted by molar-refractivity contribution is -0.287. The second-order valence-electron chi connectivity index (χ2n) is 5.46. The van der Waals surface area contributed by atoms with E-state index in [-0.39, 0.29) is 23.9 Å². The first-order chi connectivity index (χ1) is 9.78. The Bertz CT molecular complexity index is 425. The zero-order chi connectivity index (χ0) is 13.9. The van der Waals surface area contributed by atoms with Gasteiger partial charge in [0.1, 0.15) is 11.5 Å². The topological polar surface area (TPSA) is 27.7 Å². The first kappa shape index (κ1) is 14.4. The van der Waals surface area contributed by atoms with E-state index in [1.165, 1.54) is 0 Å². The number of benzene rings is 1. The van der Waals surface area contributed by atoms with Gasteiger partial charge in [-0.15, -0.1) is 11.8 Å². The number of thioether (sulfide) groups is 1. The monoisotopic (exact) mass is 294 g/mol. The van der Waals surface area contributed by atoms with Crippen LogP contribution in [0.3, 0.4) is 0 Å². The van der Waals surface area contributed by atoms with Crippen molar-refractivity contribution in [2.24, 2.45) is 5.92 Å². The fourth-order valence-electron chi connectivity index (χ4n) is 2.85. The molecule has 0 aromatic heterocycles. The molecule has 1 aromatic carbocycles. The highest BCUT2D eigenvalue weighted by molar-refractivity contribution is 7.99. The van der Waals surface area contributed by atoms with Crippen LogP contribution >= 0.6 is 11.8 Å². The van der Waals surface area contributed by atoms with Crippen LogP contribution in [0.15, 0.2) is 30.3 Å². The molecule has 2 fully saturated rings. The van der Waals surface area contributed by atoms with Crippen molar-refractivity contribution in [1.82, 2.24) is 0 Å². The molecule has 0 bridgehead atoms. The van der Waals surface area contributed by atoms with Crippen molar-refractivity contribution in [1.29, 1.82) is 0 Å². The van der Waals surface area contributed by atoms with Crippen molar-refractivity contribution < 1.29 is 14.2 Å². The van der Waals surface area contributed by atoms with Crippen LogP contribution in [0.1, 0.15) is 32.1 Å². The van der Waals surface area contributed by atoms with E-state index >= 15 is 0 Å². The fourth-order valence-corrected chi connectivity index (χ4v) is 3.84. The molecular weight excluding hydrogens is 272 g/mol. The van der Waals surface area contributed by atoms with Crippen LogP contribution in [-0.4, -0.2) is 30.0 Å². The molecule has 2 saturated heterocycles. The highest BCUT2D eigenvalue weighted by Crippen LogP contribution is 2.38. The van der Waals surface area contributed by atoms with Crippen LogP contribution in [-0.2, 0) is 14.2 Å². The van der Waals surface area contributed by atoms with Gasteiger partial charge in [0.25, 0.3) is 0 Å². The van der Waals surface area contributed by atoms with Crippen LogP contribution in [0.2, 0.25) is 0 Å². The van der Waals surface area contributed by atoms with Gasteiger partial charge in [0.05, 0.1) is 12.7 Å². The molecular formula is C16H22O3S. The molecule has 110 valence electrons. The minimum absolute atomic E-state index is 0.0789. The molecule has 0 spiro atoms. The molecule has 3 rings (SSSR count). The summed E-state index contributed by atoms with van der Waals surface area (Å²) < 4.78 is 18.1. The molecule has 0 radical (unpaired) electrons. The van der Waals surface area contributed by atoms with E-state index in [4.69, 9.17) is 14.2 Å². The van der Waals surface area contributed by atoms with E-state index in [1.54, 1.807) is 0 Å². The Balaban J connectivity index is 1.65. The quantitative estimate of drug-likeness (QED) is 0.851. The summed E-state index contributed by atoms with van der Waals surface area (Å²) in [4.78, 5) is 0. The largest absolute Gasteiger partial charge is 0.359 e. The van der Waals surface area contributed by atoms with E-state index in [0.29, 0.717) is 12.5 Å². The van der Waals surface area contributed by atoms with Crippen LogP contribution in [0, 0.1) is 5.92 Å². The predicted octanol–water partition coefficient (Wildman–Crippen LogP) is 3.60. The molecule has 5 atom stereocenters. The van der Waals surface area contributed by atoms with Crippen LogP contribution in [0.4, 0.5) is 0 Å². The second kappa shape index (κ2) is 6.48. The lowest BCUT2D eigenvalue weighted by Crippen LogP contribution is -2.49. The molecule has 4 heteroatoms. The molecule has 0 amide bonds. The van der Waals surface area contributed by atoms with E-state index in [1.807, 2.05) is 42.1 Å². The Morgan fingerprint density at radius 2 is 1.95 bits per heavy atom. The third-order valence-corrected chi connectivity index (χ3v) is 5.14. The molecule has 3 unspecified atom stereocenters. The van der Waals surface area contributed by atoms with Gasteiger partial charge >= 0.3 is 0 Å². The van der Waals surface area contributed by atoms with Crippen molar-refractivity contribution >= 4 is 11.8 Å².